The number of hydrogen-bond donors (Lipinski definition) is 0. The minimum atomic E-state index is -0.424. The number of hydrogen-bond acceptors (Lipinski definition) is 2. The minimum Gasteiger partial charge on any atom is -0.349 e. The normalized spacial score (nSPS) is 28.5. The maximum Gasteiger partial charge on any atom is 0.162 e. The van der Waals surface area contributed by atoms with E-state index in [0.29, 0.717) is 0 Å². The first-order chi connectivity index (χ1) is 6.91. The Morgan fingerprint density at radius 1 is 1.00 bits per heavy atom. The molecular formula is C13H20O2. The molecule has 1 aliphatic heterocycles. The van der Waals surface area contributed by atoms with Crippen molar-refractivity contribution >= 4 is 0 Å². The molecule has 84 valence electrons. The molecule has 0 aromatic carbocycles. The summed E-state index contributed by atoms with van der Waals surface area (Å²) in [5.41, 5.74) is 2.82. The SMILES string of the molecule is CC1=CC2(C=C(C)C1)COC(C)(C)OC2. The fourth-order valence-electron chi connectivity index (χ4n) is 2.43. The third kappa shape index (κ3) is 2.32. The van der Waals surface area contributed by atoms with Gasteiger partial charge in [-0.1, -0.05) is 23.3 Å². The molecule has 0 amide bonds. The first kappa shape index (κ1) is 10.9. The van der Waals surface area contributed by atoms with Crippen LogP contribution in [0.2, 0.25) is 0 Å². The average Bonchev–Trinajstić information content (AvgIpc) is 2.10. The molecule has 1 fully saturated rings. The third-order valence-electron chi connectivity index (χ3n) is 3.00. The van der Waals surface area contributed by atoms with Crippen LogP contribution >= 0.6 is 0 Å². The van der Waals surface area contributed by atoms with Crippen molar-refractivity contribution in [1.82, 2.24) is 0 Å². The second-order valence-electron chi connectivity index (χ2n) is 5.37. The van der Waals surface area contributed by atoms with Crippen LogP contribution in [0, 0.1) is 5.41 Å². The Bertz CT molecular complexity index is 293. The molecule has 1 aliphatic carbocycles. The molecule has 0 atom stereocenters. The zero-order valence-electron chi connectivity index (χ0n) is 10.1. The summed E-state index contributed by atoms with van der Waals surface area (Å²) in [5.74, 6) is -0.424. The quantitative estimate of drug-likeness (QED) is 0.570. The summed E-state index contributed by atoms with van der Waals surface area (Å²) < 4.78 is 11.5. The van der Waals surface area contributed by atoms with Crippen LogP contribution in [0.25, 0.3) is 0 Å². The largest absolute Gasteiger partial charge is 0.349 e. The summed E-state index contributed by atoms with van der Waals surface area (Å²) in [5, 5.41) is 0. The summed E-state index contributed by atoms with van der Waals surface area (Å²) >= 11 is 0. The Kier molecular flexibility index (Phi) is 2.52. The lowest BCUT2D eigenvalue weighted by atomic mass is 9.79. The van der Waals surface area contributed by atoms with Crippen LogP contribution in [0.3, 0.4) is 0 Å². The predicted octanol–water partition coefficient (Wildman–Crippen LogP) is 3.05. The standard InChI is InChI=1S/C13H20O2/c1-10-5-11(2)7-13(6-10)8-14-12(3,4)15-9-13/h6-7H,5,8-9H2,1-4H3. The highest BCUT2D eigenvalue weighted by Crippen LogP contribution is 2.37. The molecule has 0 saturated carbocycles. The van der Waals surface area contributed by atoms with Crippen LogP contribution in [0.4, 0.5) is 0 Å². The molecule has 2 heteroatoms. The van der Waals surface area contributed by atoms with Crippen LogP contribution in [0.5, 0.6) is 0 Å². The van der Waals surface area contributed by atoms with Gasteiger partial charge in [-0.05, 0) is 34.1 Å². The summed E-state index contributed by atoms with van der Waals surface area (Å²) in [6.45, 7) is 9.75. The Balaban J connectivity index is 2.19. The van der Waals surface area contributed by atoms with Gasteiger partial charge in [0, 0.05) is 0 Å². The Hall–Kier alpha value is -0.600. The zero-order chi connectivity index (χ0) is 11.1. The summed E-state index contributed by atoms with van der Waals surface area (Å²) in [6, 6.07) is 0. The van der Waals surface area contributed by atoms with Gasteiger partial charge < -0.3 is 9.47 Å². The number of allylic oxidation sites excluding steroid dienone is 2. The molecule has 0 aromatic heterocycles. The Morgan fingerprint density at radius 2 is 1.47 bits per heavy atom. The van der Waals surface area contributed by atoms with Crippen molar-refractivity contribution in [2.75, 3.05) is 13.2 Å². The van der Waals surface area contributed by atoms with Gasteiger partial charge in [0.25, 0.3) is 0 Å². The van der Waals surface area contributed by atoms with Crippen molar-refractivity contribution in [2.45, 2.75) is 39.9 Å². The molecule has 2 nitrogen and oxygen atoms in total. The summed E-state index contributed by atoms with van der Waals surface area (Å²) in [6.07, 6.45) is 5.69. The van der Waals surface area contributed by atoms with E-state index in [-0.39, 0.29) is 5.41 Å². The van der Waals surface area contributed by atoms with Crippen LogP contribution in [-0.4, -0.2) is 19.0 Å². The van der Waals surface area contributed by atoms with E-state index in [2.05, 4.69) is 26.0 Å². The highest BCUT2D eigenvalue weighted by molar-refractivity contribution is 5.28. The van der Waals surface area contributed by atoms with Crippen LogP contribution in [0.15, 0.2) is 23.3 Å². The summed E-state index contributed by atoms with van der Waals surface area (Å²) in [4.78, 5) is 0. The second kappa shape index (κ2) is 3.46. The van der Waals surface area contributed by atoms with E-state index in [0.717, 1.165) is 19.6 Å². The van der Waals surface area contributed by atoms with E-state index >= 15 is 0 Å². The fourth-order valence-corrected chi connectivity index (χ4v) is 2.43. The van der Waals surface area contributed by atoms with Gasteiger partial charge in [-0.2, -0.15) is 0 Å². The molecule has 0 bridgehead atoms. The lowest BCUT2D eigenvalue weighted by Crippen LogP contribution is -2.45. The molecule has 0 aromatic rings. The molecular weight excluding hydrogens is 188 g/mol. The van der Waals surface area contributed by atoms with Crippen LogP contribution < -0.4 is 0 Å². The highest BCUT2D eigenvalue weighted by atomic mass is 16.7. The fraction of sp³-hybridized carbons (Fsp3) is 0.692. The van der Waals surface area contributed by atoms with E-state index < -0.39 is 5.79 Å². The molecule has 0 radical (unpaired) electrons. The molecule has 2 rings (SSSR count). The summed E-state index contributed by atoms with van der Waals surface area (Å²) in [7, 11) is 0. The highest BCUT2D eigenvalue weighted by Gasteiger charge is 2.38. The van der Waals surface area contributed by atoms with E-state index in [9.17, 15) is 0 Å². The van der Waals surface area contributed by atoms with Gasteiger partial charge in [0.05, 0.1) is 18.6 Å². The first-order valence-corrected chi connectivity index (χ1v) is 5.55. The van der Waals surface area contributed by atoms with Gasteiger partial charge in [-0.25, -0.2) is 0 Å². The van der Waals surface area contributed by atoms with Gasteiger partial charge >= 0.3 is 0 Å². The molecule has 0 unspecified atom stereocenters. The van der Waals surface area contributed by atoms with Crippen molar-refractivity contribution in [2.24, 2.45) is 5.41 Å². The van der Waals surface area contributed by atoms with Crippen LogP contribution in [-0.2, 0) is 9.47 Å². The van der Waals surface area contributed by atoms with Crippen molar-refractivity contribution in [3.8, 4) is 0 Å². The smallest absolute Gasteiger partial charge is 0.162 e. The van der Waals surface area contributed by atoms with Gasteiger partial charge in [-0.3, -0.25) is 0 Å². The molecule has 15 heavy (non-hydrogen) atoms. The van der Waals surface area contributed by atoms with E-state index in [4.69, 9.17) is 9.47 Å². The average molecular weight is 208 g/mol. The first-order valence-electron chi connectivity index (χ1n) is 5.55. The molecule has 1 saturated heterocycles. The van der Waals surface area contributed by atoms with Crippen molar-refractivity contribution in [3.05, 3.63) is 23.3 Å². The van der Waals surface area contributed by atoms with Gasteiger partial charge in [0.1, 0.15) is 0 Å². The lowest BCUT2D eigenvalue weighted by molar-refractivity contribution is -0.269. The Morgan fingerprint density at radius 3 is 1.93 bits per heavy atom. The Labute approximate surface area is 92.0 Å². The molecule has 1 spiro atoms. The number of rotatable bonds is 0. The maximum absolute atomic E-state index is 5.74. The van der Waals surface area contributed by atoms with Crippen LogP contribution in [0.1, 0.15) is 34.1 Å². The van der Waals surface area contributed by atoms with E-state index in [1.165, 1.54) is 11.1 Å². The second-order valence-corrected chi connectivity index (χ2v) is 5.37. The predicted molar refractivity (Wildman–Crippen MR) is 60.5 cm³/mol. The van der Waals surface area contributed by atoms with Gasteiger partial charge in [0.15, 0.2) is 5.79 Å². The topological polar surface area (TPSA) is 18.5 Å². The minimum absolute atomic E-state index is 0.0120. The molecule has 2 aliphatic rings. The van der Waals surface area contributed by atoms with Crippen molar-refractivity contribution in [3.63, 3.8) is 0 Å². The maximum atomic E-state index is 5.74. The molecule has 1 heterocycles. The van der Waals surface area contributed by atoms with Gasteiger partial charge in [0.2, 0.25) is 0 Å². The third-order valence-corrected chi connectivity index (χ3v) is 3.00. The van der Waals surface area contributed by atoms with Crippen molar-refractivity contribution in [1.29, 1.82) is 0 Å². The number of ether oxygens (including phenoxy) is 2. The van der Waals surface area contributed by atoms with E-state index in [1.807, 2.05) is 13.8 Å². The van der Waals surface area contributed by atoms with Gasteiger partial charge in [-0.15, -0.1) is 0 Å². The monoisotopic (exact) mass is 208 g/mol. The van der Waals surface area contributed by atoms with E-state index in [1.54, 1.807) is 0 Å². The van der Waals surface area contributed by atoms with Crippen molar-refractivity contribution < 1.29 is 9.47 Å². The molecule has 0 N–H and O–H groups in total. The lowest BCUT2D eigenvalue weighted by Gasteiger charge is -2.42. The zero-order valence-corrected chi connectivity index (χ0v) is 10.1.